The van der Waals surface area contributed by atoms with Crippen LogP contribution in [0.5, 0.6) is 11.5 Å². The van der Waals surface area contributed by atoms with E-state index < -0.39 is 5.92 Å². The molecule has 1 heterocycles. The monoisotopic (exact) mass is 432 g/mol. The highest BCUT2D eigenvalue weighted by Gasteiger charge is 2.42. The van der Waals surface area contributed by atoms with Gasteiger partial charge in [-0.1, -0.05) is 18.1 Å². The van der Waals surface area contributed by atoms with Crippen LogP contribution in [0.3, 0.4) is 0 Å². The zero-order valence-electron chi connectivity index (χ0n) is 18.5. The van der Waals surface area contributed by atoms with Crippen molar-refractivity contribution in [3.05, 3.63) is 58.6 Å². The van der Waals surface area contributed by atoms with E-state index in [1.54, 1.807) is 6.08 Å². The summed E-state index contributed by atoms with van der Waals surface area (Å²) >= 11 is 0. The fraction of sp³-hybridized carbons (Fsp3) is 0.407. The van der Waals surface area contributed by atoms with E-state index in [-0.39, 0.29) is 18.2 Å². The highest BCUT2D eigenvalue weighted by atomic mass is 16.5. The SMILES string of the molecule is C#CCOc1c(CC=C)cc(C2C3=C(CCCC3=O)OC3=C2C(=O)CCC3)cc1OCC. The van der Waals surface area contributed by atoms with Crippen molar-refractivity contribution in [2.24, 2.45) is 0 Å². The molecule has 1 aromatic carbocycles. The lowest BCUT2D eigenvalue weighted by Gasteiger charge is -2.36. The van der Waals surface area contributed by atoms with Crippen LogP contribution in [-0.4, -0.2) is 24.8 Å². The Balaban J connectivity index is 1.92. The molecule has 0 N–H and O–H groups in total. The van der Waals surface area contributed by atoms with E-state index in [1.165, 1.54) is 0 Å². The van der Waals surface area contributed by atoms with Gasteiger partial charge in [-0.25, -0.2) is 0 Å². The smallest absolute Gasteiger partial charge is 0.166 e. The zero-order chi connectivity index (χ0) is 22.7. The molecule has 0 saturated carbocycles. The topological polar surface area (TPSA) is 61.8 Å². The molecule has 0 radical (unpaired) electrons. The van der Waals surface area contributed by atoms with Gasteiger partial charge in [0.25, 0.3) is 0 Å². The largest absolute Gasteiger partial charge is 0.490 e. The number of rotatable bonds is 7. The van der Waals surface area contributed by atoms with Gasteiger partial charge in [0.2, 0.25) is 0 Å². The maximum atomic E-state index is 13.1. The number of ketones is 2. The van der Waals surface area contributed by atoms with Gasteiger partial charge in [-0.05, 0) is 37.8 Å². The van der Waals surface area contributed by atoms with Gasteiger partial charge in [0.1, 0.15) is 18.1 Å². The summed E-state index contributed by atoms with van der Waals surface area (Å²) < 4.78 is 17.9. The molecule has 0 unspecified atom stereocenters. The van der Waals surface area contributed by atoms with Crippen LogP contribution in [0.15, 0.2) is 47.5 Å². The molecule has 0 saturated heterocycles. The minimum absolute atomic E-state index is 0.0528. The molecule has 1 aliphatic heterocycles. The Hall–Kier alpha value is -3.26. The van der Waals surface area contributed by atoms with E-state index in [0.29, 0.717) is 61.4 Å². The Labute approximate surface area is 189 Å². The Morgan fingerprint density at radius 3 is 2.31 bits per heavy atom. The predicted octanol–water partition coefficient (Wildman–Crippen LogP) is 4.95. The fourth-order valence-electron chi connectivity index (χ4n) is 4.85. The van der Waals surface area contributed by atoms with Crippen LogP contribution in [-0.2, 0) is 20.7 Å². The van der Waals surface area contributed by atoms with Gasteiger partial charge in [-0.15, -0.1) is 13.0 Å². The molecule has 0 spiro atoms. The molecule has 0 aromatic heterocycles. The van der Waals surface area contributed by atoms with E-state index in [4.69, 9.17) is 20.6 Å². The van der Waals surface area contributed by atoms with Crippen molar-refractivity contribution >= 4 is 11.6 Å². The number of carbonyl (C=O) groups excluding carboxylic acids is 2. The number of ether oxygens (including phenoxy) is 3. The molecular formula is C27H28O5. The van der Waals surface area contributed by atoms with Crippen molar-refractivity contribution in [2.45, 2.75) is 57.8 Å². The zero-order valence-corrected chi connectivity index (χ0v) is 18.5. The molecule has 3 aliphatic rings. The summed E-state index contributed by atoms with van der Waals surface area (Å²) in [6.45, 7) is 6.32. The maximum Gasteiger partial charge on any atom is 0.166 e. The van der Waals surface area contributed by atoms with Gasteiger partial charge in [0.05, 0.1) is 6.61 Å². The molecule has 1 aromatic rings. The second kappa shape index (κ2) is 9.48. The third-order valence-electron chi connectivity index (χ3n) is 6.09. The van der Waals surface area contributed by atoms with Gasteiger partial charge in [-0.3, -0.25) is 9.59 Å². The standard InChI is InChI=1S/C27H28O5/c1-4-9-17-15-18(16-23(30-6-3)27(17)31-14-5-2)24-25-19(28)10-7-12-21(25)32-22-13-8-11-20(29)26(22)24/h2,4,15-16,24H,1,6-14H2,3H3. The summed E-state index contributed by atoms with van der Waals surface area (Å²) in [7, 11) is 0. The van der Waals surface area contributed by atoms with E-state index in [2.05, 4.69) is 12.5 Å². The summed E-state index contributed by atoms with van der Waals surface area (Å²) in [6.07, 6.45) is 11.6. The maximum absolute atomic E-state index is 13.1. The van der Waals surface area contributed by atoms with Crippen LogP contribution in [0.2, 0.25) is 0 Å². The number of hydrogen-bond donors (Lipinski definition) is 0. The van der Waals surface area contributed by atoms with Gasteiger partial charge >= 0.3 is 0 Å². The fourth-order valence-corrected chi connectivity index (χ4v) is 4.85. The lowest BCUT2D eigenvalue weighted by molar-refractivity contribution is -0.117. The highest BCUT2D eigenvalue weighted by Crippen LogP contribution is 2.49. The normalized spacial score (nSPS) is 18.5. The summed E-state index contributed by atoms with van der Waals surface area (Å²) in [6, 6.07) is 3.88. The summed E-state index contributed by atoms with van der Waals surface area (Å²) in [5, 5.41) is 0. The van der Waals surface area contributed by atoms with Crippen LogP contribution in [0.1, 0.15) is 62.5 Å². The Bertz CT molecular complexity index is 1020. The molecule has 32 heavy (non-hydrogen) atoms. The first kappa shape index (κ1) is 22.0. The first-order chi connectivity index (χ1) is 15.6. The second-order valence-corrected chi connectivity index (χ2v) is 8.19. The Morgan fingerprint density at radius 2 is 1.75 bits per heavy atom. The van der Waals surface area contributed by atoms with E-state index in [1.807, 2.05) is 19.1 Å². The van der Waals surface area contributed by atoms with Gasteiger partial charge in [0.15, 0.2) is 23.1 Å². The van der Waals surface area contributed by atoms with Crippen molar-refractivity contribution in [3.8, 4) is 23.8 Å². The van der Waals surface area contributed by atoms with E-state index in [0.717, 1.165) is 35.5 Å². The van der Waals surface area contributed by atoms with Gasteiger partial charge in [0, 0.05) is 48.3 Å². The lowest BCUT2D eigenvalue weighted by Crippen LogP contribution is -2.30. The minimum Gasteiger partial charge on any atom is -0.490 e. The van der Waals surface area contributed by atoms with Crippen LogP contribution >= 0.6 is 0 Å². The molecule has 0 fully saturated rings. The Kier molecular flexibility index (Phi) is 6.50. The molecular weight excluding hydrogens is 404 g/mol. The number of hydrogen-bond acceptors (Lipinski definition) is 5. The molecule has 0 atom stereocenters. The molecule has 166 valence electrons. The van der Waals surface area contributed by atoms with E-state index >= 15 is 0 Å². The molecule has 2 aliphatic carbocycles. The predicted molar refractivity (Wildman–Crippen MR) is 121 cm³/mol. The quantitative estimate of drug-likeness (QED) is 0.450. The van der Waals surface area contributed by atoms with Crippen LogP contribution in [0.25, 0.3) is 0 Å². The third kappa shape index (κ3) is 3.98. The van der Waals surface area contributed by atoms with Gasteiger partial charge in [-0.2, -0.15) is 0 Å². The second-order valence-electron chi connectivity index (χ2n) is 8.19. The van der Waals surface area contributed by atoms with Crippen molar-refractivity contribution in [1.29, 1.82) is 0 Å². The molecule has 0 bridgehead atoms. The average Bonchev–Trinajstić information content (AvgIpc) is 2.78. The number of carbonyl (C=O) groups is 2. The summed E-state index contributed by atoms with van der Waals surface area (Å²) in [4.78, 5) is 26.1. The first-order valence-electron chi connectivity index (χ1n) is 11.3. The molecule has 5 nitrogen and oxygen atoms in total. The lowest BCUT2D eigenvalue weighted by atomic mass is 9.73. The highest BCUT2D eigenvalue weighted by molar-refractivity contribution is 6.05. The van der Waals surface area contributed by atoms with Crippen molar-refractivity contribution in [1.82, 2.24) is 0 Å². The van der Waals surface area contributed by atoms with Crippen LogP contribution < -0.4 is 9.47 Å². The van der Waals surface area contributed by atoms with Gasteiger partial charge < -0.3 is 14.2 Å². The average molecular weight is 433 g/mol. The summed E-state index contributed by atoms with van der Waals surface area (Å²) in [5.41, 5.74) is 2.94. The van der Waals surface area contributed by atoms with Crippen molar-refractivity contribution in [3.63, 3.8) is 0 Å². The van der Waals surface area contributed by atoms with Crippen LogP contribution in [0.4, 0.5) is 0 Å². The molecule has 0 amide bonds. The Morgan fingerprint density at radius 1 is 1.09 bits per heavy atom. The molecule has 4 rings (SSSR count). The minimum atomic E-state index is -0.446. The summed E-state index contributed by atoms with van der Waals surface area (Å²) in [5.74, 6) is 4.72. The van der Waals surface area contributed by atoms with Crippen molar-refractivity contribution in [2.75, 3.05) is 13.2 Å². The van der Waals surface area contributed by atoms with E-state index in [9.17, 15) is 9.59 Å². The number of terminal acetylenes is 1. The van der Waals surface area contributed by atoms with Crippen molar-refractivity contribution < 1.29 is 23.8 Å². The van der Waals surface area contributed by atoms with Crippen LogP contribution in [0, 0.1) is 12.3 Å². The third-order valence-corrected chi connectivity index (χ3v) is 6.09. The number of Topliss-reactive ketones (excluding diaryl/α,β-unsaturated/α-hetero) is 2. The number of benzene rings is 1. The first-order valence-corrected chi connectivity index (χ1v) is 11.3. The molecule has 5 heteroatoms. The number of allylic oxidation sites excluding steroid dienone is 5.